The molecule has 2 aliphatic heterocycles. The third-order valence-corrected chi connectivity index (χ3v) is 5.33. The number of ether oxygens (including phenoxy) is 1. The zero-order valence-electron chi connectivity index (χ0n) is 17.0. The van der Waals surface area contributed by atoms with Gasteiger partial charge >= 0.3 is 0 Å². The average molecular weight is 400 g/mol. The van der Waals surface area contributed by atoms with Crippen LogP contribution in [0.4, 0.5) is 17.7 Å². The first kappa shape index (κ1) is 19.7. The molecule has 2 aliphatic rings. The first-order chi connectivity index (χ1) is 14.1. The molecule has 0 spiro atoms. The fraction of sp³-hybridized carbons (Fsp3) is 0.632. The van der Waals surface area contributed by atoms with E-state index in [4.69, 9.17) is 9.72 Å². The summed E-state index contributed by atoms with van der Waals surface area (Å²) < 4.78 is 5.42. The summed E-state index contributed by atoms with van der Waals surface area (Å²) in [7, 11) is 0. The van der Waals surface area contributed by atoms with Crippen LogP contribution in [0.25, 0.3) is 0 Å². The molecule has 2 aromatic heterocycles. The molecular weight excluding hydrogens is 372 g/mol. The van der Waals surface area contributed by atoms with Crippen LogP contribution in [0.5, 0.6) is 0 Å². The Hall–Kier alpha value is -2.59. The van der Waals surface area contributed by atoms with Gasteiger partial charge in [0.15, 0.2) is 0 Å². The van der Waals surface area contributed by atoms with Crippen molar-refractivity contribution in [2.24, 2.45) is 0 Å². The van der Waals surface area contributed by atoms with E-state index in [1.807, 2.05) is 6.07 Å². The van der Waals surface area contributed by atoms with E-state index in [1.165, 1.54) is 0 Å². The lowest BCUT2D eigenvalue weighted by molar-refractivity contribution is 0.122. The summed E-state index contributed by atoms with van der Waals surface area (Å²) >= 11 is 0. The number of aliphatic hydroxyl groups is 1. The van der Waals surface area contributed by atoms with Gasteiger partial charge < -0.3 is 24.5 Å². The highest BCUT2D eigenvalue weighted by atomic mass is 16.5. The van der Waals surface area contributed by atoms with Gasteiger partial charge in [-0.05, 0) is 19.9 Å². The molecule has 10 heteroatoms. The van der Waals surface area contributed by atoms with Gasteiger partial charge in [0.05, 0.1) is 25.4 Å². The zero-order valence-corrected chi connectivity index (χ0v) is 17.0. The van der Waals surface area contributed by atoms with E-state index in [2.05, 4.69) is 48.5 Å². The minimum Gasteiger partial charge on any atom is -0.396 e. The monoisotopic (exact) mass is 400 g/mol. The van der Waals surface area contributed by atoms with Crippen molar-refractivity contribution in [1.82, 2.24) is 24.9 Å². The van der Waals surface area contributed by atoms with Gasteiger partial charge in [0, 0.05) is 45.3 Å². The minimum atomic E-state index is -0.172. The van der Waals surface area contributed by atoms with E-state index in [-0.39, 0.29) is 12.1 Å². The first-order valence-corrected chi connectivity index (χ1v) is 10.0. The molecule has 1 N–H and O–H groups in total. The molecule has 156 valence electrons. The number of aliphatic hydroxyl groups excluding tert-OH is 1. The highest BCUT2D eigenvalue weighted by Gasteiger charge is 2.36. The molecule has 29 heavy (non-hydrogen) atoms. The maximum Gasteiger partial charge on any atom is 0.230 e. The van der Waals surface area contributed by atoms with E-state index in [0.717, 1.165) is 38.5 Å². The van der Waals surface area contributed by atoms with E-state index in [9.17, 15) is 5.11 Å². The van der Waals surface area contributed by atoms with Crippen LogP contribution in [-0.2, 0) is 11.2 Å². The molecule has 4 rings (SSSR count). The predicted molar refractivity (Wildman–Crippen MR) is 109 cm³/mol. The van der Waals surface area contributed by atoms with E-state index in [0.29, 0.717) is 37.4 Å². The number of anilines is 3. The lowest BCUT2D eigenvalue weighted by Crippen LogP contribution is -2.60. The topological polar surface area (TPSA) is 104 Å². The van der Waals surface area contributed by atoms with Crippen molar-refractivity contribution in [2.75, 3.05) is 67.2 Å². The number of morpholine rings is 1. The Balaban J connectivity index is 1.50. The number of piperazine rings is 1. The van der Waals surface area contributed by atoms with E-state index < -0.39 is 0 Å². The van der Waals surface area contributed by atoms with Crippen LogP contribution in [0.15, 0.2) is 18.6 Å². The van der Waals surface area contributed by atoms with Crippen LogP contribution in [0.2, 0.25) is 0 Å². The molecule has 4 heterocycles. The summed E-state index contributed by atoms with van der Waals surface area (Å²) in [6, 6.07) is 1.93. The molecule has 0 atom stereocenters. The molecule has 0 radical (unpaired) electrons. The maximum atomic E-state index is 9.17. The third kappa shape index (κ3) is 4.38. The van der Waals surface area contributed by atoms with Gasteiger partial charge in [-0.25, -0.2) is 19.9 Å². The van der Waals surface area contributed by atoms with E-state index >= 15 is 0 Å². The number of hydrogen-bond donors (Lipinski definition) is 1. The van der Waals surface area contributed by atoms with Gasteiger partial charge in [-0.15, -0.1) is 0 Å². The Morgan fingerprint density at radius 1 is 1.00 bits per heavy atom. The Kier molecular flexibility index (Phi) is 5.72. The summed E-state index contributed by atoms with van der Waals surface area (Å²) in [6.45, 7) is 9.77. The van der Waals surface area contributed by atoms with Gasteiger partial charge in [-0.3, -0.25) is 0 Å². The van der Waals surface area contributed by atoms with Gasteiger partial charge in [0.1, 0.15) is 18.0 Å². The Bertz CT molecular complexity index is 827. The summed E-state index contributed by atoms with van der Waals surface area (Å²) in [4.78, 5) is 29.0. The highest BCUT2D eigenvalue weighted by molar-refractivity contribution is 5.47. The van der Waals surface area contributed by atoms with Gasteiger partial charge in [-0.1, -0.05) is 0 Å². The second-order valence-electron chi connectivity index (χ2n) is 7.88. The summed E-state index contributed by atoms with van der Waals surface area (Å²) in [5, 5.41) is 9.17. The Labute approximate surface area is 170 Å². The molecule has 0 aliphatic carbocycles. The van der Waals surface area contributed by atoms with Crippen LogP contribution in [0, 0.1) is 0 Å². The van der Waals surface area contributed by atoms with Crippen LogP contribution in [0.1, 0.15) is 19.7 Å². The summed E-state index contributed by atoms with van der Waals surface area (Å²) in [6.07, 6.45) is 3.82. The molecule has 10 nitrogen and oxygen atoms in total. The highest BCUT2D eigenvalue weighted by Crippen LogP contribution is 2.28. The molecule has 2 fully saturated rings. The van der Waals surface area contributed by atoms with Crippen LogP contribution in [0.3, 0.4) is 0 Å². The molecule has 0 saturated carbocycles. The first-order valence-electron chi connectivity index (χ1n) is 10.0. The normalized spacial score (nSPS) is 19.5. The minimum absolute atomic E-state index is 0.0471. The molecule has 0 unspecified atom stereocenters. The molecular formula is C19H28N8O2. The van der Waals surface area contributed by atoms with Crippen molar-refractivity contribution >= 4 is 17.7 Å². The standard InChI is InChI=1S/C19H28N8O2/c1-19(2)13-26(6-7-27(19)16-3-5-20-15(23-16)4-10-28)18-22-14-21-17(24-18)25-8-11-29-12-9-25/h3,5,14,28H,4,6-13H2,1-2H3. The van der Waals surface area contributed by atoms with Crippen LogP contribution in [-0.4, -0.2) is 88.1 Å². The number of aromatic nitrogens is 5. The summed E-state index contributed by atoms with van der Waals surface area (Å²) in [5.41, 5.74) is -0.172. The number of hydrogen-bond acceptors (Lipinski definition) is 10. The van der Waals surface area contributed by atoms with Crippen molar-refractivity contribution in [3.63, 3.8) is 0 Å². The van der Waals surface area contributed by atoms with Crippen molar-refractivity contribution < 1.29 is 9.84 Å². The molecule has 0 aromatic carbocycles. The smallest absolute Gasteiger partial charge is 0.230 e. The second kappa shape index (κ2) is 8.42. The van der Waals surface area contributed by atoms with Gasteiger partial charge in [-0.2, -0.15) is 4.98 Å². The third-order valence-electron chi connectivity index (χ3n) is 5.33. The number of rotatable bonds is 5. The molecule has 0 amide bonds. The Morgan fingerprint density at radius 3 is 2.48 bits per heavy atom. The largest absolute Gasteiger partial charge is 0.396 e. The zero-order chi connectivity index (χ0) is 20.3. The summed E-state index contributed by atoms with van der Waals surface area (Å²) in [5.74, 6) is 2.97. The van der Waals surface area contributed by atoms with Gasteiger partial charge in [0.2, 0.25) is 11.9 Å². The lowest BCUT2D eigenvalue weighted by atomic mass is 9.99. The fourth-order valence-corrected chi connectivity index (χ4v) is 3.86. The van der Waals surface area contributed by atoms with Gasteiger partial charge in [0.25, 0.3) is 0 Å². The predicted octanol–water partition coefficient (Wildman–Crippen LogP) is 0.138. The quantitative estimate of drug-likeness (QED) is 0.745. The van der Waals surface area contributed by atoms with Crippen molar-refractivity contribution in [2.45, 2.75) is 25.8 Å². The maximum absolute atomic E-state index is 9.17. The Morgan fingerprint density at radius 2 is 1.76 bits per heavy atom. The van der Waals surface area contributed by atoms with Crippen molar-refractivity contribution in [3.05, 3.63) is 24.4 Å². The molecule has 0 bridgehead atoms. The SMILES string of the molecule is CC1(C)CN(c2ncnc(N3CCOCC3)n2)CCN1c1ccnc(CCO)n1. The van der Waals surface area contributed by atoms with Crippen molar-refractivity contribution in [1.29, 1.82) is 0 Å². The second-order valence-corrected chi connectivity index (χ2v) is 7.88. The lowest BCUT2D eigenvalue weighted by Gasteiger charge is -2.47. The van der Waals surface area contributed by atoms with E-state index in [1.54, 1.807) is 12.5 Å². The fourth-order valence-electron chi connectivity index (χ4n) is 3.86. The molecule has 2 aromatic rings. The molecule has 2 saturated heterocycles. The van der Waals surface area contributed by atoms with Crippen LogP contribution >= 0.6 is 0 Å². The number of nitrogens with zero attached hydrogens (tertiary/aromatic N) is 8. The van der Waals surface area contributed by atoms with Crippen LogP contribution < -0.4 is 14.7 Å². The van der Waals surface area contributed by atoms with Crippen molar-refractivity contribution in [3.8, 4) is 0 Å². The average Bonchev–Trinajstić information content (AvgIpc) is 2.74.